The summed E-state index contributed by atoms with van der Waals surface area (Å²) >= 11 is 9.34. The van der Waals surface area contributed by atoms with Gasteiger partial charge in [-0.2, -0.15) is 0 Å². The molecule has 5 heteroatoms. The van der Waals surface area contributed by atoms with Gasteiger partial charge in [0.15, 0.2) is 0 Å². The van der Waals surface area contributed by atoms with E-state index < -0.39 is 0 Å². The molecule has 0 bridgehead atoms. The Morgan fingerprint density at radius 2 is 2.00 bits per heavy atom. The Labute approximate surface area is 137 Å². The van der Waals surface area contributed by atoms with Crippen molar-refractivity contribution in [2.24, 2.45) is 0 Å². The second kappa shape index (κ2) is 7.48. The molecule has 1 N–H and O–H groups in total. The molecule has 0 aliphatic heterocycles. The van der Waals surface area contributed by atoms with E-state index in [2.05, 4.69) is 21.2 Å². The number of carbonyl (C=O) groups is 1. The maximum atomic E-state index is 12.3. The molecule has 0 spiro atoms. The molecule has 110 valence electrons. The van der Waals surface area contributed by atoms with Gasteiger partial charge in [-0.1, -0.05) is 30.3 Å². The van der Waals surface area contributed by atoms with Gasteiger partial charge in [0.25, 0.3) is 5.91 Å². The molecule has 2 aromatic rings. The van der Waals surface area contributed by atoms with Crippen LogP contribution < -0.4 is 10.1 Å². The van der Waals surface area contributed by atoms with E-state index in [1.54, 1.807) is 25.3 Å². The zero-order valence-corrected chi connectivity index (χ0v) is 13.8. The van der Waals surface area contributed by atoms with Crippen molar-refractivity contribution in [3.8, 4) is 5.75 Å². The molecule has 1 atom stereocenters. The highest BCUT2D eigenvalue weighted by molar-refractivity contribution is 9.10. The molecular formula is C16H15BrClNO2. The van der Waals surface area contributed by atoms with E-state index >= 15 is 0 Å². The van der Waals surface area contributed by atoms with Crippen molar-refractivity contribution in [1.82, 2.24) is 5.32 Å². The summed E-state index contributed by atoms with van der Waals surface area (Å²) in [5.74, 6) is 0.823. The van der Waals surface area contributed by atoms with Crippen molar-refractivity contribution in [3.63, 3.8) is 0 Å². The highest BCUT2D eigenvalue weighted by Gasteiger charge is 2.15. The Bertz CT molecular complexity index is 619. The summed E-state index contributed by atoms with van der Waals surface area (Å²) in [5.41, 5.74) is 1.53. The lowest BCUT2D eigenvalue weighted by Crippen LogP contribution is -2.29. The molecular weight excluding hydrogens is 354 g/mol. The zero-order chi connectivity index (χ0) is 15.2. The third kappa shape index (κ3) is 3.99. The SMILES string of the molecule is COc1ccc(C(=O)NC(CCl)c2ccccc2)cc1Br. The first-order valence-electron chi connectivity index (χ1n) is 6.41. The van der Waals surface area contributed by atoms with Crippen LogP contribution in [0.25, 0.3) is 0 Å². The number of nitrogens with one attached hydrogen (secondary N) is 1. The number of amides is 1. The van der Waals surface area contributed by atoms with Crippen LogP contribution in [0, 0.1) is 0 Å². The van der Waals surface area contributed by atoms with Gasteiger partial charge in [0.1, 0.15) is 5.75 Å². The maximum Gasteiger partial charge on any atom is 0.251 e. The fourth-order valence-corrected chi connectivity index (χ4v) is 2.74. The molecule has 0 saturated heterocycles. The van der Waals surface area contributed by atoms with Crippen LogP contribution in [0.1, 0.15) is 22.0 Å². The molecule has 0 radical (unpaired) electrons. The van der Waals surface area contributed by atoms with E-state index in [-0.39, 0.29) is 11.9 Å². The van der Waals surface area contributed by atoms with Gasteiger partial charge >= 0.3 is 0 Å². The Balaban J connectivity index is 2.15. The Morgan fingerprint density at radius 1 is 1.29 bits per heavy atom. The van der Waals surface area contributed by atoms with E-state index in [0.29, 0.717) is 17.2 Å². The van der Waals surface area contributed by atoms with Gasteiger partial charge < -0.3 is 10.1 Å². The average Bonchev–Trinajstić information content (AvgIpc) is 2.53. The highest BCUT2D eigenvalue weighted by Crippen LogP contribution is 2.26. The largest absolute Gasteiger partial charge is 0.496 e. The van der Waals surface area contributed by atoms with Gasteiger partial charge in [-0.3, -0.25) is 4.79 Å². The fraction of sp³-hybridized carbons (Fsp3) is 0.188. The zero-order valence-electron chi connectivity index (χ0n) is 11.5. The lowest BCUT2D eigenvalue weighted by atomic mass is 10.1. The molecule has 0 aliphatic rings. The number of rotatable bonds is 5. The minimum atomic E-state index is -0.221. The van der Waals surface area contributed by atoms with Crippen molar-refractivity contribution in [1.29, 1.82) is 0 Å². The third-order valence-electron chi connectivity index (χ3n) is 3.08. The predicted molar refractivity (Wildman–Crippen MR) is 88.1 cm³/mol. The number of ether oxygens (including phenoxy) is 1. The summed E-state index contributed by atoms with van der Waals surface area (Å²) in [6.07, 6.45) is 0. The van der Waals surface area contributed by atoms with Crippen LogP contribution in [0.4, 0.5) is 0 Å². The minimum Gasteiger partial charge on any atom is -0.496 e. The first kappa shape index (κ1) is 15.9. The highest BCUT2D eigenvalue weighted by atomic mass is 79.9. The van der Waals surface area contributed by atoms with Crippen LogP contribution in [0.2, 0.25) is 0 Å². The first-order chi connectivity index (χ1) is 10.2. The normalized spacial score (nSPS) is 11.8. The van der Waals surface area contributed by atoms with Gasteiger partial charge in [-0.05, 0) is 39.7 Å². The molecule has 1 unspecified atom stereocenters. The molecule has 2 aromatic carbocycles. The van der Waals surface area contributed by atoms with Crippen LogP contribution in [0.3, 0.4) is 0 Å². The Morgan fingerprint density at radius 3 is 2.57 bits per heavy atom. The molecule has 2 rings (SSSR count). The summed E-state index contributed by atoms with van der Waals surface area (Å²) in [4.78, 5) is 12.3. The monoisotopic (exact) mass is 367 g/mol. The predicted octanol–water partition coefficient (Wildman–Crippen LogP) is 4.17. The standard InChI is InChI=1S/C16H15BrClNO2/c1-21-15-8-7-12(9-13(15)17)16(20)19-14(10-18)11-5-3-2-4-6-11/h2-9,14H,10H2,1H3,(H,19,20). The topological polar surface area (TPSA) is 38.3 Å². The van der Waals surface area contributed by atoms with E-state index in [4.69, 9.17) is 16.3 Å². The van der Waals surface area contributed by atoms with Crippen molar-refractivity contribution in [2.45, 2.75) is 6.04 Å². The number of methoxy groups -OCH3 is 1. The summed E-state index contributed by atoms with van der Waals surface area (Å²) in [5, 5.41) is 2.93. The molecule has 0 aromatic heterocycles. The molecule has 0 fully saturated rings. The van der Waals surface area contributed by atoms with Crippen LogP contribution in [-0.4, -0.2) is 18.9 Å². The van der Waals surface area contributed by atoms with Crippen molar-refractivity contribution in [3.05, 3.63) is 64.1 Å². The Kier molecular flexibility index (Phi) is 5.65. The van der Waals surface area contributed by atoms with E-state index in [0.717, 1.165) is 10.0 Å². The quantitative estimate of drug-likeness (QED) is 0.805. The summed E-state index contributed by atoms with van der Waals surface area (Å²) in [6, 6.07) is 14.6. The fourth-order valence-electron chi connectivity index (χ4n) is 1.95. The lowest BCUT2D eigenvalue weighted by Gasteiger charge is -2.17. The van der Waals surface area contributed by atoms with Crippen molar-refractivity contribution < 1.29 is 9.53 Å². The van der Waals surface area contributed by atoms with Gasteiger partial charge in [-0.15, -0.1) is 11.6 Å². The second-order valence-corrected chi connectivity index (χ2v) is 5.60. The van der Waals surface area contributed by atoms with E-state index in [1.165, 1.54) is 0 Å². The number of halogens is 2. The Hall–Kier alpha value is -1.52. The van der Waals surface area contributed by atoms with Crippen LogP contribution in [0.5, 0.6) is 5.75 Å². The summed E-state index contributed by atoms with van der Waals surface area (Å²) < 4.78 is 5.89. The minimum absolute atomic E-state index is 0.173. The smallest absolute Gasteiger partial charge is 0.251 e. The summed E-state index contributed by atoms with van der Waals surface area (Å²) in [6.45, 7) is 0. The van der Waals surface area contributed by atoms with Crippen LogP contribution >= 0.6 is 27.5 Å². The van der Waals surface area contributed by atoms with Crippen molar-refractivity contribution >= 4 is 33.4 Å². The number of hydrogen-bond donors (Lipinski definition) is 1. The van der Waals surface area contributed by atoms with E-state index in [9.17, 15) is 4.79 Å². The molecule has 3 nitrogen and oxygen atoms in total. The first-order valence-corrected chi connectivity index (χ1v) is 7.73. The molecule has 21 heavy (non-hydrogen) atoms. The van der Waals surface area contributed by atoms with Crippen LogP contribution in [-0.2, 0) is 0 Å². The lowest BCUT2D eigenvalue weighted by molar-refractivity contribution is 0.0940. The molecule has 0 saturated carbocycles. The van der Waals surface area contributed by atoms with Gasteiger partial charge in [-0.25, -0.2) is 0 Å². The number of benzene rings is 2. The number of alkyl halides is 1. The average molecular weight is 369 g/mol. The summed E-state index contributed by atoms with van der Waals surface area (Å²) in [7, 11) is 1.58. The van der Waals surface area contributed by atoms with Gasteiger partial charge in [0.05, 0.1) is 17.6 Å². The van der Waals surface area contributed by atoms with E-state index in [1.807, 2.05) is 30.3 Å². The molecule has 0 aliphatic carbocycles. The second-order valence-electron chi connectivity index (χ2n) is 4.44. The molecule has 0 heterocycles. The number of hydrogen-bond acceptors (Lipinski definition) is 2. The van der Waals surface area contributed by atoms with Gasteiger partial charge in [0, 0.05) is 11.4 Å². The van der Waals surface area contributed by atoms with Crippen molar-refractivity contribution in [2.75, 3.05) is 13.0 Å². The maximum absolute atomic E-state index is 12.3. The molecule has 1 amide bonds. The van der Waals surface area contributed by atoms with Gasteiger partial charge in [0.2, 0.25) is 0 Å². The number of carbonyl (C=O) groups excluding carboxylic acids is 1. The third-order valence-corrected chi connectivity index (χ3v) is 4.00. The van der Waals surface area contributed by atoms with Crippen LogP contribution in [0.15, 0.2) is 53.0 Å².